The monoisotopic (exact) mass is 322 g/mol. The molecule has 0 radical (unpaired) electrons. The van der Waals surface area contributed by atoms with E-state index in [1.54, 1.807) is 11.7 Å². The van der Waals surface area contributed by atoms with Gasteiger partial charge < -0.3 is 10.5 Å². The van der Waals surface area contributed by atoms with Gasteiger partial charge in [0.15, 0.2) is 0 Å². The smallest absolute Gasteiger partial charge is 0.223 e. The van der Waals surface area contributed by atoms with Crippen molar-refractivity contribution in [1.82, 2.24) is 9.78 Å². The lowest BCUT2D eigenvalue weighted by Gasteiger charge is -2.08. The van der Waals surface area contributed by atoms with Crippen LogP contribution in [-0.4, -0.2) is 15.6 Å². The van der Waals surface area contributed by atoms with Crippen LogP contribution in [-0.2, 0) is 13.7 Å². The summed E-state index contributed by atoms with van der Waals surface area (Å²) in [5.74, 6) is 0.486. The maximum Gasteiger partial charge on any atom is 0.223 e. The number of hydrogen-bond acceptors (Lipinski definition) is 3. The lowest BCUT2D eigenvalue weighted by molar-refractivity contribution is 0.278. The number of amidine groups is 1. The van der Waals surface area contributed by atoms with Crippen molar-refractivity contribution in [1.29, 1.82) is 5.41 Å². The number of nitrogens with one attached hydrogen (secondary N) is 1. The minimum atomic E-state index is -0.0326. The predicted octanol–water partition coefficient (Wildman–Crippen LogP) is 2.35. The lowest BCUT2D eigenvalue weighted by Crippen LogP contribution is -2.14. The van der Waals surface area contributed by atoms with Crippen LogP contribution >= 0.6 is 15.9 Å². The van der Waals surface area contributed by atoms with E-state index in [1.165, 1.54) is 0 Å². The Labute approximate surface area is 120 Å². The maximum absolute atomic E-state index is 7.58. The summed E-state index contributed by atoms with van der Waals surface area (Å²) >= 11 is 3.42. The summed E-state index contributed by atoms with van der Waals surface area (Å²) in [4.78, 5) is 0. The van der Waals surface area contributed by atoms with Gasteiger partial charge in [-0.05, 0) is 24.6 Å². The number of ether oxygens (including phenoxy) is 1. The van der Waals surface area contributed by atoms with Crippen LogP contribution in [0.1, 0.15) is 16.8 Å². The first-order chi connectivity index (χ1) is 8.99. The van der Waals surface area contributed by atoms with Gasteiger partial charge in [-0.2, -0.15) is 5.10 Å². The zero-order chi connectivity index (χ0) is 14.0. The van der Waals surface area contributed by atoms with Gasteiger partial charge in [0.25, 0.3) is 0 Å². The lowest BCUT2D eigenvalue weighted by atomic mass is 10.2. The Morgan fingerprint density at radius 1 is 1.53 bits per heavy atom. The van der Waals surface area contributed by atoms with Crippen LogP contribution in [0.3, 0.4) is 0 Å². The second-order valence-electron chi connectivity index (χ2n) is 4.22. The first-order valence-electron chi connectivity index (χ1n) is 5.74. The fourth-order valence-electron chi connectivity index (χ4n) is 1.89. The third-order valence-corrected chi connectivity index (χ3v) is 3.20. The number of nitrogen functional groups attached to an aromatic ring is 1. The van der Waals surface area contributed by atoms with E-state index < -0.39 is 0 Å². The number of halogens is 1. The first kappa shape index (κ1) is 13.6. The van der Waals surface area contributed by atoms with Gasteiger partial charge in [-0.3, -0.25) is 5.41 Å². The highest BCUT2D eigenvalue weighted by molar-refractivity contribution is 9.10. The van der Waals surface area contributed by atoms with Crippen LogP contribution in [0, 0.1) is 12.3 Å². The predicted molar refractivity (Wildman–Crippen MR) is 77.4 cm³/mol. The molecule has 0 aliphatic heterocycles. The summed E-state index contributed by atoms with van der Waals surface area (Å²) in [6, 6.07) is 7.86. The zero-order valence-corrected chi connectivity index (χ0v) is 12.4. The molecule has 0 fully saturated rings. The quantitative estimate of drug-likeness (QED) is 0.670. The number of nitrogens with two attached hydrogens (primary N) is 1. The highest BCUT2D eigenvalue weighted by Crippen LogP contribution is 2.22. The maximum atomic E-state index is 7.58. The van der Waals surface area contributed by atoms with Crippen molar-refractivity contribution < 1.29 is 4.74 Å². The van der Waals surface area contributed by atoms with Crippen molar-refractivity contribution in [2.24, 2.45) is 12.8 Å². The molecular formula is C13H15BrN4O. The highest BCUT2D eigenvalue weighted by atomic mass is 79.9. The van der Waals surface area contributed by atoms with Gasteiger partial charge in [-0.15, -0.1) is 0 Å². The summed E-state index contributed by atoms with van der Waals surface area (Å²) in [5, 5.41) is 11.8. The fraction of sp³-hybridized carbons (Fsp3) is 0.231. The van der Waals surface area contributed by atoms with Crippen molar-refractivity contribution in [3.8, 4) is 5.88 Å². The van der Waals surface area contributed by atoms with E-state index in [0.717, 1.165) is 10.0 Å². The molecule has 1 aromatic carbocycles. The van der Waals surface area contributed by atoms with Crippen LogP contribution in [0.2, 0.25) is 0 Å². The Bertz CT molecular complexity index is 621. The molecule has 1 aromatic heterocycles. The van der Waals surface area contributed by atoms with Crippen molar-refractivity contribution in [3.63, 3.8) is 0 Å². The Kier molecular flexibility index (Phi) is 3.90. The van der Waals surface area contributed by atoms with Gasteiger partial charge in [-0.1, -0.05) is 28.1 Å². The van der Waals surface area contributed by atoms with E-state index in [4.69, 9.17) is 15.9 Å². The van der Waals surface area contributed by atoms with E-state index in [-0.39, 0.29) is 5.84 Å². The van der Waals surface area contributed by atoms with Crippen molar-refractivity contribution in [2.45, 2.75) is 13.5 Å². The normalized spacial score (nSPS) is 10.5. The second-order valence-corrected chi connectivity index (χ2v) is 5.14. The summed E-state index contributed by atoms with van der Waals surface area (Å²) in [7, 11) is 1.77. The number of nitrogens with zero attached hydrogens (tertiary/aromatic N) is 2. The van der Waals surface area contributed by atoms with E-state index in [2.05, 4.69) is 21.0 Å². The van der Waals surface area contributed by atoms with Gasteiger partial charge in [0, 0.05) is 11.5 Å². The zero-order valence-electron chi connectivity index (χ0n) is 10.8. The van der Waals surface area contributed by atoms with Crippen LogP contribution in [0.4, 0.5) is 0 Å². The minimum absolute atomic E-state index is 0.0326. The second kappa shape index (κ2) is 5.44. The minimum Gasteiger partial charge on any atom is -0.472 e. The van der Waals surface area contributed by atoms with Gasteiger partial charge in [-0.25, -0.2) is 4.68 Å². The number of aromatic nitrogens is 2. The number of hydrogen-bond donors (Lipinski definition) is 2. The Balaban J connectivity index is 2.22. The molecule has 0 saturated heterocycles. The van der Waals surface area contributed by atoms with E-state index in [0.29, 0.717) is 23.7 Å². The molecule has 0 aliphatic rings. The molecule has 6 heteroatoms. The molecule has 0 saturated carbocycles. The molecule has 1 heterocycles. The van der Waals surface area contributed by atoms with Crippen LogP contribution < -0.4 is 10.5 Å². The summed E-state index contributed by atoms with van der Waals surface area (Å²) in [6.45, 7) is 2.21. The number of benzene rings is 1. The summed E-state index contributed by atoms with van der Waals surface area (Å²) in [6.07, 6.45) is 0. The summed E-state index contributed by atoms with van der Waals surface area (Å²) in [5.41, 5.74) is 7.84. The third-order valence-electron chi connectivity index (χ3n) is 2.70. The Morgan fingerprint density at radius 3 is 2.89 bits per heavy atom. The van der Waals surface area contributed by atoms with Crippen molar-refractivity contribution in [3.05, 3.63) is 45.6 Å². The molecule has 0 bridgehead atoms. The van der Waals surface area contributed by atoms with Crippen LogP contribution in [0.5, 0.6) is 5.88 Å². The molecule has 0 amide bonds. The molecule has 100 valence electrons. The molecule has 5 nitrogen and oxygen atoms in total. The van der Waals surface area contributed by atoms with Gasteiger partial charge >= 0.3 is 0 Å². The van der Waals surface area contributed by atoms with E-state index >= 15 is 0 Å². The van der Waals surface area contributed by atoms with Gasteiger partial charge in [0.2, 0.25) is 5.88 Å². The molecule has 0 spiro atoms. The van der Waals surface area contributed by atoms with E-state index in [9.17, 15) is 0 Å². The topological polar surface area (TPSA) is 76.9 Å². The van der Waals surface area contributed by atoms with Crippen molar-refractivity contribution in [2.75, 3.05) is 0 Å². The number of rotatable bonds is 4. The molecule has 2 aromatic rings. The largest absolute Gasteiger partial charge is 0.472 e. The Hall–Kier alpha value is -1.82. The molecule has 0 atom stereocenters. The molecule has 2 rings (SSSR count). The Morgan fingerprint density at radius 2 is 2.26 bits per heavy atom. The molecule has 19 heavy (non-hydrogen) atoms. The van der Waals surface area contributed by atoms with Gasteiger partial charge in [0.1, 0.15) is 18.0 Å². The average Bonchev–Trinajstić information content (AvgIpc) is 2.61. The van der Waals surface area contributed by atoms with Crippen LogP contribution in [0.15, 0.2) is 28.7 Å². The van der Waals surface area contributed by atoms with Gasteiger partial charge in [0.05, 0.1) is 5.69 Å². The standard InChI is InChI=1S/C13H15BrN4O/c1-8-11(12(15)16)13(18(2)17-8)19-7-9-4-3-5-10(14)6-9/h3-6H,7H2,1-2H3,(H3,15,16). The molecular weight excluding hydrogens is 308 g/mol. The third kappa shape index (κ3) is 2.96. The molecule has 0 unspecified atom stereocenters. The SMILES string of the molecule is Cc1nn(C)c(OCc2cccc(Br)c2)c1C(=N)N. The summed E-state index contributed by atoms with van der Waals surface area (Å²) < 4.78 is 8.35. The van der Waals surface area contributed by atoms with E-state index in [1.807, 2.05) is 31.2 Å². The number of aryl methyl sites for hydroxylation is 2. The van der Waals surface area contributed by atoms with Crippen LogP contribution in [0.25, 0.3) is 0 Å². The molecule has 0 aliphatic carbocycles. The average molecular weight is 323 g/mol. The highest BCUT2D eigenvalue weighted by Gasteiger charge is 2.17. The van der Waals surface area contributed by atoms with Crippen molar-refractivity contribution >= 4 is 21.8 Å². The first-order valence-corrected chi connectivity index (χ1v) is 6.53. The fourth-order valence-corrected chi connectivity index (χ4v) is 2.34. The molecule has 3 N–H and O–H groups in total.